The van der Waals surface area contributed by atoms with Gasteiger partial charge in [0.15, 0.2) is 5.11 Å². The molecule has 2 N–H and O–H groups in total. The number of para-hydroxylation sites is 1. The third-order valence-electron chi connectivity index (χ3n) is 3.48. The monoisotopic (exact) mass is 355 g/mol. The van der Waals surface area contributed by atoms with Crippen molar-refractivity contribution in [3.8, 4) is 5.75 Å². The van der Waals surface area contributed by atoms with Gasteiger partial charge in [-0.1, -0.05) is 18.2 Å². The number of hydrogen-bond donors (Lipinski definition) is 2. The third kappa shape index (κ3) is 3.99. The Balaban J connectivity index is 1.75. The quantitative estimate of drug-likeness (QED) is 0.370. The van der Waals surface area contributed by atoms with E-state index in [1.54, 1.807) is 24.3 Å². The Labute approximate surface area is 148 Å². The molecule has 8 heteroatoms. The predicted octanol–water partition coefficient (Wildman–Crippen LogP) is 2.52. The van der Waals surface area contributed by atoms with Crippen molar-refractivity contribution in [2.75, 3.05) is 0 Å². The number of hydrogen-bond acceptors (Lipinski definition) is 5. The van der Waals surface area contributed by atoms with Gasteiger partial charge in [0.05, 0.1) is 4.92 Å². The van der Waals surface area contributed by atoms with E-state index >= 15 is 0 Å². The maximum atomic E-state index is 11.7. The van der Waals surface area contributed by atoms with Crippen molar-refractivity contribution in [1.82, 2.24) is 10.6 Å². The van der Waals surface area contributed by atoms with Crippen LogP contribution >= 0.6 is 12.2 Å². The van der Waals surface area contributed by atoms with Gasteiger partial charge in [-0.25, -0.2) is 0 Å². The highest BCUT2D eigenvalue weighted by molar-refractivity contribution is 7.80. The molecule has 7 nitrogen and oxygen atoms in total. The van der Waals surface area contributed by atoms with Crippen LogP contribution in [0.5, 0.6) is 5.75 Å². The molecular weight excluding hydrogens is 342 g/mol. The number of nitro groups is 1. The second-order valence-electron chi connectivity index (χ2n) is 5.22. The number of ether oxygens (including phenoxy) is 1. The number of benzene rings is 2. The molecule has 3 rings (SSSR count). The maximum absolute atomic E-state index is 11.7. The molecule has 0 atom stereocenters. The zero-order valence-corrected chi connectivity index (χ0v) is 13.7. The van der Waals surface area contributed by atoms with Gasteiger partial charge in [0, 0.05) is 17.7 Å². The van der Waals surface area contributed by atoms with E-state index in [1.807, 2.05) is 18.2 Å². The molecule has 25 heavy (non-hydrogen) atoms. The Hall–Kier alpha value is -3.26. The minimum Gasteiger partial charge on any atom is -0.488 e. The largest absolute Gasteiger partial charge is 0.488 e. The van der Waals surface area contributed by atoms with Crippen molar-refractivity contribution in [3.05, 3.63) is 75.5 Å². The highest BCUT2D eigenvalue weighted by Gasteiger charge is 2.20. The molecule has 1 heterocycles. The van der Waals surface area contributed by atoms with E-state index in [-0.39, 0.29) is 23.3 Å². The van der Waals surface area contributed by atoms with Crippen LogP contribution in [-0.2, 0) is 11.4 Å². The number of nitro benzene ring substituents is 1. The smallest absolute Gasteiger partial charge is 0.273 e. The van der Waals surface area contributed by atoms with Gasteiger partial charge in [-0.05, 0) is 42.1 Å². The van der Waals surface area contributed by atoms with Crippen LogP contribution in [-0.4, -0.2) is 15.9 Å². The topological polar surface area (TPSA) is 93.5 Å². The van der Waals surface area contributed by atoms with E-state index in [1.165, 1.54) is 12.1 Å². The fraction of sp³-hybridized carbons (Fsp3) is 0.0588. The summed E-state index contributed by atoms with van der Waals surface area (Å²) in [6, 6.07) is 13.4. The van der Waals surface area contributed by atoms with Crippen LogP contribution in [0.2, 0.25) is 0 Å². The molecule has 1 aliphatic rings. The van der Waals surface area contributed by atoms with Gasteiger partial charge in [-0.15, -0.1) is 0 Å². The average molecular weight is 355 g/mol. The van der Waals surface area contributed by atoms with Gasteiger partial charge < -0.3 is 10.1 Å². The Morgan fingerprint density at radius 3 is 2.48 bits per heavy atom. The van der Waals surface area contributed by atoms with E-state index in [0.29, 0.717) is 17.0 Å². The second-order valence-corrected chi connectivity index (χ2v) is 5.62. The van der Waals surface area contributed by atoms with E-state index in [9.17, 15) is 14.9 Å². The minimum absolute atomic E-state index is 0.0307. The van der Waals surface area contributed by atoms with E-state index in [2.05, 4.69) is 10.6 Å². The van der Waals surface area contributed by atoms with Crippen molar-refractivity contribution in [2.24, 2.45) is 0 Å². The molecule has 0 aromatic heterocycles. The summed E-state index contributed by atoms with van der Waals surface area (Å²) in [7, 11) is 0. The molecule has 2 aromatic rings. The number of non-ortho nitro benzene ring substituents is 1. The van der Waals surface area contributed by atoms with Crippen LogP contribution in [0, 0.1) is 10.1 Å². The van der Waals surface area contributed by atoms with Gasteiger partial charge in [0.1, 0.15) is 18.1 Å². The molecule has 0 bridgehead atoms. The predicted molar refractivity (Wildman–Crippen MR) is 95.7 cm³/mol. The van der Waals surface area contributed by atoms with Crippen molar-refractivity contribution in [3.63, 3.8) is 0 Å². The van der Waals surface area contributed by atoms with Crippen LogP contribution in [0.15, 0.2) is 54.2 Å². The normalized spacial score (nSPS) is 15.0. The summed E-state index contributed by atoms with van der Waals surface area (Å²) in [6.07, 6.45) is 1.65. The summed E-state index contributed by atoms with van der Waals surface area (Å²) in [5.41, 5.74) is 1.89. The summed E-state index contributed by atoms with van der Waals surface area (Å²) < 4.78 is 5.79. The van der Waals surface area contributed by atoms with Crippen LogP contribution in [0.4, 0.5) is 5.69 Å². The number of amides is 1. The van der Waals surface area contributed by atoms with Gasteiger partial charge in [-0.3, -0.25) is 20.2 Å². The first-order valence-corrected chi connectivity index (χ1v) is 7.73. The summed E-state index contributed by atoms with van der Waals surface area (Å²) >= 11 is 4.90. The Bertz CT molecular complexity index is 878. The van der Waals surface area contributed by atoms with Crippen LogP contribution in [0.1, 0.15) is 11.1 Å². The Morgan fingerprint density at radius 1 is 1.12 bits per heavy atom. The molecule has 126 valence electrons. The highest BCUT2D eigenvalue weighted by atomic mass is 32.1. The summed E-state index contributed by atoms with van der Waals surface area (Å²) in [5.74, 6) is 0.288. The molecule has 0 unspecified atom stereocenters. The number of carbonyl (C=O) groups is 1. The highest BCUT2D eigenvalue weighted by Crippen LogP contribution is 2.23. The fourth-order valence-electron chi connectivity index (χ4n) is 2.24. The van der Waals surface area contributed by atoms with Gasteiger partial charge >= 0.3 is 0 Å². The first-order valence-electron chi connectivity index (χ1n) is 7.32. The number of nitrogens with one attached hydrogen (secondary N) is 2. The molecule has 1 aliphatic heterocycles. The number of carbonyl (C=O) groups excluding carboxylic acids is 1. The lowest BCUT2D eigenvalue weighted by Crippen LogP contribution is -2.21. The number of thiocarbonyl (C=S) groups is 1. The number of rotatable bonds is 5. The fourth-order valence-corrected chi connectivity index (χ4v) is 2.45. The maximum Gasteiger partial charge on any atom is 0.273 e. The first-order chi connectivity index (χ1) is 12.0. The van der Waals surface area contributed by atoms with Crippen LogP contribution in [0.25, 0.3) is 6.08 Å². The summed E-state index contributed by atoms with van der Waals surface area (Å²) in [4.78, 5) is 22.0. The van der Waals surface area contributed by atoms with Crippen molar-refractivity contribution >= 4 is 35.0 Å². The van der Waals surface area contributed by atoms with Gasteiger partial charge in [0.25, 0.3) is 11.6 Å². The van der Waals surface area contributed by atoms with E-state index in [0.717, 1.165) is 5.56 Å². The summed E-state index contributed by atoms with van der Waals surface area (Å²) in [6.45, 7) is 0.246. The molecule has 0 aliphatic carbocycles. The summed E-state index contributed by atoms with van der Waals surface area (Å²) in [5, 5.41) is 16.2. The minimum atomic E-state index is -0.448. The second kappa shape index (κ2) is 7.10. The average Bonchev–Trinajstić information content (AvgIpc) is 2.91. The first kappa shape index (κ1) is 16.6. The van der Waals surface area contributed by atoms with Crippen molar-refractivity contribution < 1.29 is 14.5 Å². The van der Waals surface area contributed by atoms with Gasteiger partial charge in [-0.2, -0.15) is 0 Å². The zero-order valence-electron chi connectivity index (χ0n) is 12.9. The van der Waals surface area contributed by atoms with E-state index < -0.39 is 4.92 Å². The molecule has 0 radical (unpaired) electrons. The Kier molecular flexibility index (Phi) is 4.71. The van der Waals surface area contributed by atoms with Crippen molar-refractivity contribution in [1.29, 1.82) is 0 Å². The molecule has 0 spiro atoms. The Morgan fingerprint density at radius 2 is 1.84 bits per heavy atom. The lowest BCUT2D eigenvalue weighted by atomic mass is 10.1. The third-order valence-corrected chi connectivity index (χ3v) is 3.68. The molecular formula is C17H13N3O4S. The molecule has 1 saturated heterocycles. The van der Waals surface area contributed by atoms with Crippen molar-refractivity contribution in [2.45, 2.75) is 6.61 Å². The van der Waals surface area contributed by atoms with Crippen LogP contribution in [0.3, 0.4) is 0 Å². The molecule has 0 saturated carbocycles. The van der Waals surface area contributed by atoms with Crippen LogP contribution < -0.4 is 15.4 Å². The molecule has 1 fully saturated rings. The van der Waals surface area contributed by atoms with Gasteiger partial charge in [0.2, 0.25) is 0 Å². The molecule has 2 aromatic carbocycles. The lowest BCUT2D eigenvalue weighted by Gasteiger charge is -2.09. The molecule has 1 amide bonds. The SMILES string of the molecule is O=C1NC(=S)N/C1=C\c1ccccc1OCc1ccc([N+](=O)[O-])cc1. The lowest BCUT2D eigenvalue weighted by molar-refractivity contribution is -0.384. The zero-order chi connectivity index (χ0) is 17.8. The van der Waals surface area contributed by atoms with E-state index in [4.69, 9.17) is 17.0 Å². The number of nitrogens with zero attached hydrogens (tertiary/aromatic N) is 1. The standard InChI is InChI=1S/C17H13N3O4S/c21-16-14(18-17(25)19-16)9-12-3-1-2-4-15(12)24-10-11-5-7-13(8-6-11)20(22)23/h1-9H,10H2,(H2,18,19,21,25)/b14-9-.